The van der Waals surface area contributed by atoms with Gasteiger partial charge in [-0.3, -0.25) is 9.78 Å². The zero-order chi connectivity index (χ0) is 19.6. The zero-order valence-electron chi connectivity index (χ0n) is 14.6. The van der Waals surface area contributed by atoms with E-state index in [0.717, 1.165) is 5.56 Å². The van der Waals surface area contributed by atoms with Gasteiger partial charge in [0.2, 0.25) is 0 Å². The molecule has 140 valence electrons. The van der Waals surface area contributed by atoms with Gasteiger partial charge in [-0.1, -0.05) is 23.7 Å². The zero-order valence-corrected chi connectivity index (χ0v) is 16.2. The maximum absolute atomic E-state index is 12.5. The molecule has 0 aliphatic heterocycles. The summed E-state index contributed by atoms with van der Waals surface area (Å²) >= 11 is 11.2. The van der Waals surface area contributed by atoms with Crippen LogP contribution in [-0.2, 0) is 16.0 Å². The molecule has 3 rings (SSSR count). The van der Waals surface area contributed by atoms with Gasteiger partial charge in [-0.05, 0) is 30.4 Å². The molecule has 0 unspecified atom stereocenters. The highest BCUT2D eigenvalue weighted by molar-refractivity contribution is 7.71. The van der Waals surface area contributed by atoms with Gasteiger partial charge in [0, 0.05) is 17.7 Å². The van der Waals surface area contributed by atoms with E-state index in [9.17, 15) is 9.59 Å². The van der Waals surface area contributed by atoms with Gasteiger partial charge in [0.15, 0.2) is 4.77 Å². The molecule has 0 aliphatic rings. The van der Waals surface area contributed by atoms with Crippen molar-refractivity contribution in [2.75, 3.05) is 20.8 Å². The first-order valence-electron chi connectivity index (χ1n) is 7.97. The second-order valence-electron chi connectivity index (χ2n) is 5.66. The lowest BCUT2D eigenvalue weighted by Crippen LogP contribution is -2.20. The third-order valence-electron chi connectivity index (χ3n) is 4.01. The first-order chi connectivity index (χ1) is 13.0. The Morgan fingerprint density at radius 1 is 1.30 bits per heavy atom. The Kier molecular flexibility index (Phi) is 5.69. The first kappa shape index (κ1) is 19.2. The van der Waals surface area contributed by atoms with Crippen molar-refractivity contribution in [1.29, 1.82) is 0 Å². The number of H-pyrrole nitrogens is 1. The van der Waals surface area contributed by atoms with Crippen molar-refractivity contribution in [2.45, 2.75) is 6.54 Å². The van der Waals surface area contributed by atoms with Crippen LogP contribution in [0.25, 0.3) is 22.3 Å². The van der Waals surface area contributed by atoms with Crippen LogP contribution in [0.3, 0.4) is 0 Å². The number of pyridine rings is 1. The standard InChI is InChI=1S/C18H16ClN3O4S/c1-25-8-7-22-15-14(16(23)21-18(22)27)12(17(24)26-2)9-13(20-15)10-3-5-11(19)6-4-10/h3-6,9H,7-8H2,1-2H3,(H,21,23,27). The molecule has 9 heteroatoms. The molecule has 0 bridgehead atoms. The summed E-state index contributed by atoms with van der Waals surface area (Å²) in [5.74, 6) is -0.640. The molecule has 0 radical (unpaired) electrons. The molecule has 2 aromatic heterocycles. The minimum Gasteiger partial charge on any atom is -0.465 e. The number of benzene rings is 1. The predicted octanol–water partition coefficient (Wildman–Crippen LogP) is 3.21. The Hall–Kier alpha value is -2.55. The molecule has 0 saturated heterocycles. The van der Waals surface area contributed by atoms with E-state index in [4.69, 9.17) is 33.3 Å². The second kappa shape index (κ2) is 7.99. The van der Waals surface area contributed by atoms with Gasteiger partial charge >= 0.3 is 5.97 Å². The SMILES string of the molecule is COCCn1c(=S)[nH]c(=O)c2c(C(=O)OC)cc(-c3ccc(Cl)cc3)nc21. The summed E-state index contributed by atoms with van der Waals surface area (Å²) in [7, 11) is 2.81. The van der Waals surface area contributed by atoms with Crippen LogP contribution in [0.15, 0.2) is 35.1 Å². The van der Waals surface area contributed by atoms with Gasteiger partial charge in [0.1, 0.15) is 5.65 Å². The van der Waals surface area contributed by atoms with Gasteiger partial charge in [-0.15, -0.1) is 0 Å². The number of carbonyl (C=O) groups excluding carboxylic acids is 1. The average molecular weight is 406 g/mol. The number of fused-ring (bicyclic) bond motifs is 1. The van der Waals surface area contributed by atoms with E-state index >= 15 is 0 Å². The van der Waals surface area contributed by atoms with Crippen molar-refractivity contribution in [3.8, 4) is 11.3 Å². The van der Waals surface area contributed by atoms with E-state index in [1.807, 2.05) is 0 Å². The predicted molar refractivity (Wildman–Crippen MR) is 105 cm³/mol. The van der Waals surface area contributed by atoms with E-state index in [1.165, 1.54) is 13.2 Å². The molecular formula is C18H16ClN3O4S. The number of ether oxygens (including phenoxy) is 2. The largest absolute Gasteiger partial charge is 0.465 e. The van der Waals surface area contributed by atoms with E-state index in [-0.39, 0.29) is 21.4 Å². The summed E-state index contributed by atoms with van der Waals surface area (Å²) in [5, 5.41) is 0.691. The maximum atomic E-state index is 12.5. The van der Waals surface area contributed by atoms with E-state index in [0.29, 0.717) is 23.9 Å². The van der Waals surface area contributed by atoms with Crippen molar-refractivity contribution in [3.05, 3.63) is 56.0 Å². The molecule has 7 nitrogen and oxygen atoms in total. The van der Waals surface area contributed by atoms with Crippen LogP contribution in [0.2, 0.25) is 5.02 Å². The number of esters is 1. The maximum Gasteiger partial charge on any atom is 0.338 e. The Morgan fingerprint density at radius 2 is 2.00 bits per heavy atom. The van der Waals surface area contributed by atoms with E-state index < -0.39 is 11.5 Å². The summed E-state index contributed by atoms with van der Waals surface area (Å²) < 4.78 is 11.8. The molecule has 0 amide bonds. The van der Waals surface area contributed by atoms with E-state index in [2.05, 4.69) is 9.97 Å². The monoisotopic (exact) mass is 405 g/mol. The molecule has 0 saturated carbocycles. The minimum atomic E-state index is -0.640. The molecule has 2 heterocycles. The van der Waals surface area contributed by atoms with Gasteiger partial charge in [0.25, 0.3) is 5.56 Å². The third kappa shape index (κ3) is 3.78. The van der Waals surface area contributed by atoms with Crippen molar-refractivity contribution in [1.82, 2.24) is 14.5 Å². The quantitative estimate of drug-likeness (QED) is 0.518. The molecule has 0 aliphatic carbocycles. The number of methoxy groups -OCH3 is 2. The fourth-order valence-electron chi connectivity index (χ4n) is 2.70. The number of carbonyl (C=O) groups is 1. The number of nitrogens with one attached hydrogen (secondary N) is 1. The number of halogens is 1. The highest BCUT2D eigenvalue weighted by Gasteiger charge is 2.19. The van der Waals surface area contributed by atoms with Crippen molar-refractivity contribution < 1.29 is 14.3 Å². The smallest absolute Gasteiger partial charge is 0.338 e. The molecule has 0 fully saturated rings. The lowest BCUT2D eigenvalue weighted by atomic mass is 10.1. The summed E-state index contributed by atoms with van der Waals surface area (Å²) in [6.45, 7) is 0.718. The van der Waals surface area contributed by atoms with Gasteiger partial charge in [-0.25, -0.2) is 9.78 Å². The van der Waals surface area contributed by atoms with Crippen LogP contribution in [0.5, 0.6) is 0 Å². The first-order valence-corrected chi connectivity index (χ1v) is 8.76. The highest BCUT2D eigenvalue weighted by Crippen LogP contribution is 2.25. The summed E-state index contributed by atoms with van der Waals surface area (Å²) in [6, 6.07) is 8.51. The molecule has 1 N–H and O–H groups in total. The molecule has 0 atom stereocenters. The van der Waals surface area contributed by atoms with Crippen LogP contribution in [-0.4, -0.2) is 41.3 Å². The topological polar surface area (TPSA) is 86.2 Å². The average Bonchev–Trinajstić information content (AvgIpc) is 2.66. The van der Waals surface area contributed by atoms with Gasteiger partial charge in [-0.2, -0.15) is 0 Å². The Bertz CT molecular complexity index is 1120. The Balaban J connectivity index is 2.39. The Labute approximate surface area is 164 Å². The number of hydrogen-bond acceptors (Lipinski definition) is 6. The van der Waals surface area contributed by atoms with Crippen LogP contribution in [0.4, 0.5) is 0 Å². The van der Waals surface area contributed by atoms with Crippen molar-refractivity contribution in [3.63, 3.8) is 0 Å². The summed E-state index contributed by atoms with van der Waals surface area (Å²) in [6.07, 6.45) is 0. The lowest BCUT2D eigenvalue weighted by Gasteiger charge is -2.13. The molecule has 3 aromatic rings. The van der Waals surface area contributed by atoms with Crippen molar-refractivity contribution in [2.24, 2.45) is 0 Å². The van der Waals surface area contributed by atoms with E-state index in [1.54, 1.807) is 35.9 Å². The fourth-order valence-corrected chi connectivity index (χ4v) is 3.10. The number of nitrogens with zero attached hydrogens (tertiary/aromatic N) is 2. The molecule has 1 aromatic carbocycles. The molecular weight excluding hydrogens is 390 g/mol. The summed E-state index contributed by atoms with van der Waals surface area (Å²) in [4.78, 5) is 32.0. The Morgan fingerprint density at radius 3 is 2.63 bits per heavy atom. The fraction of sp³-hybridized carbons (Fsp3) is 0.222. The van der Waals surface area contributed by atoms with Crippen LogP contribution < -0.4 is 5.56 Å². The van der Waals surface area contributed by atoms with Crippen LogP contribution in [0, 0.1) is 4.77 Å². The number of aromatic amines is 1. The number of hydrogen-bond donors (Lipinski definition) is 1. The lowest BCUT2D eigenvalue weighted by molar-refractivity contribution is 0.0603. The summed E-state index contributed by atoms with van der Waals surface area (Å²) in [5.41, 5.74) is 1.12. The van der Waals surface area contributed by atoms with Crippen LogP contribution in [0.1, 0.15) is 10.4 Å². The number of aromatic nitrogens is 3. The molecule has 27 heavy (non-hydrogen) atoms. The van der Waals surface area contributed by atoms with Gasteiger partial charge < -0.3 is 14.0 Å². The molecule has 0 spiro atoms. The number of rotatable bonds is 5. The normalized spacial score (nSPS) is 10.9. The van der Waals surface area contributed by atoms with Crippen LogP contribution >= 0.6 is 23.8 Å². The van der Waals surface area contributed by atoms with Gasteiger partial charge in [0.05, 0.1) is 36.9 Å². The minimum absolute atomic E-state index is 0.106. The highest BCUT2D eigenvalue weighted by atomic mass is 35.5. The van der Waals surface area contributed by atoms with Crippen molar-refractivity contribution >= 4 is 40.8 Å². The third-order valence-corrected chi connectivity index (χ3v) is 4.59. The second-order valence-corrected chi connectivity index (χ2v) is 6.48.